The van der Waals surface area contributed by atoms with Crippen LogP contribution >= 0.6 is 11.6 Å². The average Bonchev–Trinajstić information content (AvgIpc) is 2.90. The second-order valence-electron chi connectivity index (χ2n) is 4.79. The summed E-state index contributed by atoms with van der Waals surface area (Å²) in [5, 5.41) is 0.880. The van der Waals surface area contributed by atoms with Gasteiger partial charge in [-0.25, -0.2) is 4.79 Å². The Morgan fingerprint density at radius 1 is 1.32 bits per heavy atom. The van der Waals surface area contributed by atoms with Gasteiger partial charge in [0.05, 0.1) is 13.7 Å². The minimum absolute atomic E-state index is 0.195. The lowest BCUT2D eigenvalue weighted by Gasteiger charge is -2.04. The van der Waals surface area contributed by atoms with Gasteiger partial charge in [0.1, 0.15) is 5.69 Å². The van der Waals surface area contributed by atoms with Gasteiger partial charge < -0.3 is 14.5 Å². The van der Waals surface area contributed by atoms with Gasteiger partial charge in [-0.1, -0.05) is 6.07 Å². The summed E-state index contributed by atoms with van der Waals surface area (Å²) in [5.74, 6) is -0.365. The van der Waals surface area contributed by atoms with Crippen LogP contribution in [0.1, 0.15) is 35.0 Å². The van der Waals surface area contributed by atoms with Crippen LogP contribution < -0.4 is 0 Å². The minimum Gasteiger partial charge on any atom is -0.469 e. The predicted octanol–water partition coefficient (Wildman–Crippen LogP) is 3.19. The van der Waals surface area contributed by atoms with Crippen LogP contribution in [0, 0.1) is 0 Å². The molecule has 0 saturated heterocycles. The van der Waals surface area contributed by atoms with Gasteiger partial charge in [-0.2, -0.15) is 0 Å². The maximum atomic E-state index is 12.1. The number of fused-ring (bicyclic) bond motifs is 1. The standard InChI is InChI=1S/C16H18ClNO4/c1-3-22-16(20)15-11(5-7-14(19)21-2)12-8-10(9-17)4-6-13(12)18-15/h4,6,8,18H,3,5,7,9H2,1-2H3. The number of carbonyl (C=O) groups excluding carboxylic acids is 2. The van der Waals surface area contributed by atoms with E-state index in [1.807, 2.05) is 18.2 Å². The van der Waals surface area contributed by atoms with Crippen LogP contribution in [-0.4, -0.2) is 30.6 Å². The van der Waals surface area contributed by atoms with Crippen LogP contribution in [0.25, 0.3) is 10.9 Å². The van der Waals surface area contributed by atoms with E-state index in [9.17, 15) is 9.59 Å². The summed E-state index contributed by atoms with van der Waals surface area (Å²) in [5.41, 5.74) is 2.90. The molecule has 0 fully saturated rings. The van der Waals surface area contributed by atoms with E-state index in [1.54, 1.807) is 6.92 Å². The molecule has 0 spiro atoms. The highest BCUT2D eigenvalue weighted by atomic mass is 35.5. The molecule has 0 aliphatic rings. The zero-order valence-corrected chi connectivity index (χ0v) is 13.3. The predicted molar refractivity (Wildman–Crippen MR) is 84.1 cm³/mol. The Balaban J connectivity index is 2.47. The Morgan fingerprint density at radius 3 is 2.73 bits per heavy atom. The molecule has 0 aliphatic carbocycles. The molecule has 0 unspecified atom stereocenters. The normalized spacial score (nSPS) is 10.7. The molecule has 0 amide bonds. The van der Waals surface area contributed by atoms with Crippen LogP contribution in [0.2, 0.25) is 0 Å². The van der Waals surface area contributed by atoms with Crippen LogP contribution in [0.15, 0.2) is 18.2 Å². The smallest absolute Gasteiger partial charge is 0.355 e. The second-order valence-corrected chi connectivity index (χ2v) is 5.06. The van der Waals surface area contributed by atoms with Crippen molar-refractivity contribution >= 4 is 34.4 Å². The molecule has 2 aromatic rings. The number of ether oxygens (including phenoxy) is 2. The lowest BCUT2D eigenvalue weighted by Crippen LogP contribution is -2.09. The number of alkyl halides is 1. The van der Waals surface area contributed by atoms with Crippen molar-refractivity contribution in [1.82, 2.24) is 4.98 Å². The zero-order chi connectivity index (χ0) is 16.1. The molecule has 1 N–H and O–H groups in total. The van der Waals surface area contributed by atoms with Crippen molar-refractivity contribution in [2.75, 3.05) is 13.7 Å². The molecule has 6 heteroatoms. The summed E-state index contributed by atoms with van der Waals surface area (Å²) >= 11 is 5.87. The number of methoxy groups -OCH3 is 1. The summed E-state index contributed by atoms with van der Waals surface area (Å²) in [6, 6.07) is 5.69. The fourth-order valence-corrected chi connectivity index (χ4v) is 2.51. The third kappa shape index (κ3) is 3.42. The highest BCUT2D eigenvalue weighted by Crippen LogP contribution is 2.26. The van der Waals surface area contributed by atoms with E-state index in [4.69, 9.17) is 16.3 Å². The summed E-state index contributed by atoms with van der Waals surface area (Å²) in [7, 11) is 1.34. The molecule has 1 aromatic heterocycles. The molecule has 5 nitrogen and oxygen atoms in total. The van der Waals surface area contributed by atoms with Crippen molar-refractivity contribution in [3.63, 3.8) is 0 Å². The summed E-state index contributed by atoms with van der Waals surface area (Å²) < 4.78 is 9.74. The first-order valence-corrected chi connectivity index (χ1v) is 7.57. The van der Waals surface area contributed by atoms with Crippen molar-refractivity contribution in [3.05, 3.63) is 35.0 Å². The Hall–Kier alpha value is -2.01. The van der Waals surface area contributed by atoms with Crippen molar-refractivity contribution in [2.24, 2.45) is 0 Å². The van der Waals surface area contributed by atoms with E-state index in [2.05, 4.69) is 9.72 Å². The molecule has 22 heavy (non-hydrogen) atoms. The third-order valence-electron chi connectivity index (χ3n) is 3.41. The second kappa shape index (κ2) is 7.31. The van der Waals surface area contributed by atoms with Crippen LogP contribution in [0.3, 0.4) is 0 Å². The number of aryl methyl sites for hydroxylation is 1. The van der Waals surface area contributed by atoms with E-state index in [0.29, 0.717) is 18.0 Å². The zero-order valence-electron chi connectivity index (χ0n) is 12.6. The number of rotatable bonds is 6. The maximum Gasteiger partial charge on any atom is 0.355 e. The summed E-state index contributed by atoms with van der Waals surface area (Å²) in [6.45, 7) is 2.04. The third-order valence-corrected chi connectivity index (χ3v) is 3.72. The number of esters is 2. The molecule has 1 aromatic carbocycles. The fourth-order valence-electron chi connectivity index (χ4n) is 2.34. The number of aromatic amines is 1. The van der Waals surface area contributed by atoms with Gasteiger partial charge in [0, 0.05) is 23.2 Å². The summed E-state index contributed by atoms with van der Waals surface area (Å²) in [4.78, 5) is 26.6. The van der Waals surface area contributed by atoms with E-state index < -0.39 is 5.97 Å². The number of benzene rings is 1. The van der Waals surface area contributed by atoms with Gasteiger partial charge >= 0.3 is 11.9 Å². The van der Waals surface area contributed by atoms with Gasteiger partial charge in [-0.3, -0.25) is 4.79 Å². The van der Waals surface area contributed by atoms with Gasteiger partial charge in [-0.15, -0.1) is 11.6 Å². The first-order chi connectivity index (χ1) is 10.6. The molecule has 1 heterocycles. The largest absolute Gasteiger partial charge is 0.469 e. The topological polar surface area (TPSA) is 68.4 Å². The average molecular weight is 324 g/mol. The fraction of sp³-hybridized carbons (Fsp3) is 0.375. The Kier molecular flexibility index (Phi) is 5.44. The maximum absolute atomic E-state index is 12.1. The molecular weight excluding hydrogens is 306 g/mol. The number of nitrogens with one attached hydrogen (secondary N) is 1. The first-order valence-electron chi connectivity index (χ1n) is 7.04. The van der Waals surface area contributed by atoms with Crippen molar-refractivity contribution in [3.8, 4) is 0 Å². The van der Waals surface area contributed by atoms with Gasteiger partial charge in [0.15, 0.2) is 0 Å². The molecule has 118 valence electrons. The lowest BCUT2D eigenvalue weighted by atomic mass is 10.0. The van der Waals surface area contributed by atoms with Crippen LogP contribution in [-0.2, 0) is 26.6 Å². The number of H-pyrrole nitrogens is 1. The summed E-state index contributed by atoms with van der Waals surface area (Å²) in [6.07, 6.45) is 0.591. The number of halogens is 1. The molecule has 0 aliphatic heterocycles. The van der Waals surface area contributed by atoms with E-state index in [0.717, 1.165) is 22.0 Å². The Morgan fingerprint density at radius 2 is 2.09 bits per heavy atom. The molecule has 0 atom stereocenters. The molecular formula is C16H18ClNO4. The quantitative estimate of drug-likeness (QED) is 0.655. The number of hydrogen-bond acceptors (Lipinski definition) is 4. The number of carbonyl (C=O) groups is 2. The van der Waals surface area contributed by atoms with Crippen molar-refractivity contribution < 1.29 is 19.1 Å². The van der Waals surface area contributed by atoms with Crippen LogP contribution in [0.5, 0.6) is 0 Å². The Labute approximate surface area is 133 Å². The van der Waals surface area contributed by atoms with E-state index in [-0.39, 0.29) is 19.0 Å². The highest BCUT2D eigenvalue weighted by Gasteiger charge is 2.19. The van der Waals surface area contributed by atoms with Gasteiger partial charge in [0.25, 0.3) is 0 Å². The monoisotopic (exact) mass is 323 g/mol. The molecule has 0 radical (unpaired) electrons. The van der Waals surface area contributed by atoms with Crippen LogP contribution in [0.4, 0.5) is 0 Å². The molecule has 2 rings (SSSR count). The van der Waals surface area contributed by atoms with E-state index >= 15 is 0 Å². The Bertz CT molecular complexity index is 693. The lowest BCUT2D eigenvalue weighted by molar-refractivity contribution is -0.140. The number of aromatic nitrogens is 1. The van der Waals surface area contributed by atoms with Crippen molar-refractivity contribution in [1.29, 1.82) is 0 Å². The minimum atomic E-state index is -0.425. The van der Waals surface area contributed by atoms with Crippen molar-refractivity contribution in [2.45, 2.75) is 25.6 Å². The van der Waals surface area contributed by atoms with Gasteiger partial charge in [-0.05, 0) is 36.6 Å². The van der Waals surface area contributed by atoms with Gasteiger partial charge in [0.2, 0.25) is 0 Å². The number of hydrogen-bond donors (Lipinski definition) is 1. The first kappa shape index (κ1) is 16.4. The molecule has 0 saturated carbocycles. The highest BCUT2D eigenvalue weighted by molar-refractivity contribution is 6.17. The SMILES string of the molecule is CCOC(=O)c1[nH]c2ccc(CCl)cc2c1CCC(=O)OC. The molecule has 0 bridgehead atoms. The van der Waals surface area contributed by atoms with E-state index in [1.165, 1.54) is 7.11 Å².